The predicted molar refractivity (Wildman–Crippen MR) is 83.6 cm³/mol. The minimum atomic E-state index is -5.04. The van der Waals surface area contributed by atoms with E-state index in [0.29, 0.717) is 12.8 Å². The molecular formula is C12H20KNO9S2. The van der Waals surface area contributed by atoms with Gasteiger partial charge >= 0.3 is 51.4 Å². The average molecular weight is 426 g/mol. The Kier molecular flexibility index (Phi) is 12.8. The monoisotopic (exact) mass is 425 g/mol. The molecule has 4 N–H and O–H groups in total. The van der Waals surface area contributed by atoms with E-state index in [9.17, 15) is 28.3 Å². The number of rotatable bonds is 8. The summed E-state index contributed by atoms with van der Waals surface area (Å²) in [7, 11) is -5.04. The number of unbranched alkanes of at least 4 members (excludes halogenated alkanes) is 1. The zero-order valence-corrected chi connectivity index (χ0v) is 18.3. The molecule has 0 aromatic heterocycles. The van der Waals surface area contributed by atoms with Gasteiger partial charge in [-0.1, -0.05) is 23.0 Å². The Morgan fingerprint density at radius 1 is 1.32 bits per heavy atom. The van der Waals surface area contributed by atoms with Crippen LogP contribution in [0.25, 0.3) is 0 Å². The second kappa shape index (κ2) is 12.4. The first-order chi connectivity index (χ1) is 11.2. The summed E-state index contributed by atoms with van der Waals surface area (Å²) < 4.78 is 40.7. The van der Waals surface area contributed by atoms with Crippen LogP contribution in [0.5, 0.6) is 0 Å². The number of aliphatic hydroxyl groups is 4. The topological polar surface area (TPSA) is 169 Å². The largest absolute Gasteiger partial charge is 1.00 e. The van der Waals surface area contributed by atoms with Gasteiger partial charge in [0.2, 0.25) is 0 Å². The third kappa shape index (κ3) is 9.09. The van der Waals surface area contributed by atoms with Crippen molar-refractivity contribution in [2.75, 3.05) is 6.61 Å². The molecule has 1 rings (SSSR count). The Morgan fingerprint density at radius 2 is 1.96 bits per heavy atom. The van der Waals surface area contributed by atoms with E-state index in [2.05, 4.69) is 16.0 Å². The van der Waals surface area contributed by atoms with Gasteiger partial charge in [0, 0.05) is 0 Å². The van der Waals surface area contributed by atoms with Crippen LogP contribution in [-0.2, 0) is 19.4 Å². The fourth-order valence-electron chi connectivity index (χ4n) is 1.91. The first-order valence-corrected chi connectivity index (χ1v) is 9.20. The van der Waals surface area contributed by atoms with Gasteiger partial charge in [-0.15, -0.1) is 6.58 Å². The fourth-order valence-corrected chi connectivity index (χ4v) is 3.25. The molecule has 0 amide bonds. The second-order valence-corrected chi connectivity index (χ2v) is 7.10. The molecule has 1 heterocycles. The van der Waals surface area contributed by atoms with Gasteiger partial charge in [-0.05, 0) is 19.3 Å². The first kappa shape index (κ1) is 25.9. The number of oxime groups is 1. The van der Waals surface area contributed by atoms with E-state index >= 15 is 0 Å². The third-order valence-electron chi connectivity index (χ3n) is 3.13. The molecule has 0 aliphatic carbocycles. The number of ether oxygens (including phenoxy) is 1. The van der Waals surface area contributed by atoms with E-state index in [-0.39, 0.29) is 62.8 Å². The van der Waals surface area contributed by atoms with Gasteiger partial charge in [-0.2, -0.15) is 8.42 Å². The third-order valence-corrected chi connectivity index (χ3v) is 4.56. The van der Waals surface area contributed by atoms with Gasteiger partial charge in [0.1, 0.15) is 34.9 Å². The smallest absolute Gasteiger partial charge is 0.714 e. The summed E-state index contributed by atoms with van der Waals surface area (Å²) in [5, 5.41) is 41.8. The molecule has 0 aromatic rings. The van der Waals surface area contributed by atoms with Crippen LogP contribution < -0.4 is 51.4 Å². The minimum Gasteiger partial charge on any atom is -0.714 e. The number of allylic oxidation sites excluding steroid dienone is 1. The van der Waals surface area contributed by atoms with Crippen molar-refractivity contribution in [1.82, 2.24) is 0 Å². The summed E-state index contributed by atoms with van der Waals surface area (Å²) >= 11 is 0.723. The second-order valence-electron chi connectivity index (χ2n) is 4.96. The van der Waals surface area contributed by atoms with Crippen LogP contribution in [0.4, 0.5) is 0 Å². The van der Waals surface area contributed by atoms with Crippen molar-refractivity contribution in [3.05, 3.63) is 12.7 Å². The normalized spacial score (nSPS) is 30.4. The molecule has 1 aliphatic rings. The van der Waals surface area contributed by atoms with Crippen molar-refractivity contribution in [2.45, 2.75) is 49.1 Å². The number of hydrogen-bond acceptors (Lipinski definition) is 11. The molecule has 5 unspecified atom stereocenters. The van der Waals surface area contributed by atoms with Crippen molar-refractivity contribution >= 4 is 27.2 Å². The Hall–Kier alpha value is 0.906. The van der Waals surface area contributed by atoms with E-state index in [1.54, 1.807) is 6.08 Å². The maximum absolute atomic E-state index is 10.5. The van der Waals surface area contributed by atoms with Gasteiger partial charge in [0.05, 0.1) is 6.61 Å². The Balaban J connectivity index is 0.00000576. The molecule has 10 nitrogen and oxygen atoms in total. The van der Waals surface area contributed by atoms with Crippen LogP contribution in [0.3, 0.4) is 0 Å². The van der Waals surface area contributed by atoms with E-state index < -0.39 is 46.9 Å². The Morgan fingerprint density at radius 3 is 2.48 bits per heavy atom. The zero-order chi connectivity index (χ0) is 18.3. The molecule has 140 valence electrons. The summed E-state index contributed by atoms with van der Waals surface area (Å²) in [6.07, 6.45) is -2.82. The molecular weight excluding hydrogens is 405 g/mol. The minimum absolute atomic E-state index is 0. The van der Waals surface area contributed by atoms with Gasteiger partial charge in [0.15, 0.2) is 0 Å². The standard InChI is InChI=1S/C12H21NO9S2.K/c1-2-3-4-5-8(13-22-24(18,19)20)23-12-11(17)10(16)9(15)7(6-14)21-12;/h2,7,9-12,14-17H,1,3-6H2,(H,18,19,20);/q;+1/p-1/b13-8+;. The summed E-state index contributed by atoms with van der Waals surface area (Å²) in [5.74, 6) is 0. The molecule has 0 aromatic carbocycles. The van der Waals surface area contributed by atoms with Crippen LogP contribution in [0.1, 0.15) is 19.3 Å². The quantitative estimate of drug-likeness (QED) is 0.0436. The number of nitrogens with zero attached hydrogens (tertiary/aromatic N) is 1. The molecule has 1 fully saturated rings. The van der Waals surface area contributed by atoms with Gasteiger partial charge < -0.3 is 29.7 Å². The van der Waals surface area contributed by atoms with Crippen molar-refractivity contribution in [3.63, 3.8) is 0 Å². The van der Waals surface area contributed by atoms with Crippen molar-refractivity contribution < 1.29 is 93.8 Å². The molecule has 1 saturated heterocycles. The zero-order valence-electron chi connectivity index (χ0n) is 13.6. The summed E-state index contributed by atoms with van der Waals surface area (Å²) in [6, 6.07) is 0. The molecule has 13 heteroatoms. The predicted octanol–water partition coefficient (Wildman–Crippen LogP) is -4.33. The molecule has 0 saturated carbocycles. The summed E-state index contributed by atoms with van der Waals surface area (Å²) in [4.78, 5) is 0. The number of thioether (sulfide) groups is 1. The van der Waals surface area contributed by atoms with E-state index in [0.717, 1.165) is 11.8 Å². The van der Waals surface area contributed by atoms with Crippen LogP contribution in [-0.4, -0.2) is 74.9 Å². The van der Waals surface area contributed by atoms with Crippen LogP contribution in [0.15, 0.2) is 17.8 Å². The number of hydrogen-bond donors (Lipinski definition) is 4. The van der Waals surface area contributed by atoms with Gasteiger partial charge in [-0.3, -0.25) is 4.28 Å². The molecule has 0 bridgehead atoms. The van der Waals surface area contributed by atoms with Crippen LogP contribution >= 0.6 is 11.8 Å². The van der Waals surface area contributed by atoms with Gasteiger partial charge in [-0.25, -0.2) is 0 Å². The number of aliphatic hydroxyl groups excluding tert-OH is 4. The van der Waals surface area contributed by atoms with Crippen LogP contribution in [0, 0.1) is 0 Å². The van der Waals surface area contributed by atoms with E-state index in [4.69, 9.17) is 9.84 Å². The van der Waals surface area contributed by atoms with Crippen molar-refractivity contribution in [2.24, 2.45) is 5.16 Å². The molecule has 1 aliphatic heterocycles. The SMILES string of the molecule is C=CCCC/C(=N\OS(=O)(=O)[O-])SC1OC(CO)C(O)C(O)C1O.[K+]. The van der Waals surface area contributed by atoms with Gasteiger partial charge in [0.25, 0.3) is 10.4 Å². The fraction of sp³-hybridized carbons (Fsp3) is 0.750. The maximum atomic E-state index is 10.5. The first-order valence-electron chi connectivity index (χ1n) is 6.99. The van der Waals surface area contributed by atoms with Crippen molar-refractivity contribution in [1.29, 1.82) is 0 Å². The molecule has 25 heavy (non-hydrogen) atoms. The maximum Gasteiger partial charge on any atom is 1.00 e. The average Bonchev–Trinajstić information content (AvgIpc) is 2.52. The van der Waals surface area contributed by atoms with Crippen molar-refractivity contribution in [3.8, 4) is 0 Å². The summed E-state index contributed by atoms with van der Waals surface area (Å²) in [5.41, 5.74) is -1.15. The van der Waals surface area contributed by atoms with E-state index in [1.165, 1.54) is 0 Å². The Bertz CT molecular complexity index is 543. The molecule has 0 radical (unpaired) electrons. The molecule has 5 atom stereocenters. The molecule has 0 spiro atoms. The Labute approximate surface area is 192 Å². The van der Waals surface area contributed by atoms with Crippen LogP contribution in [0.2, 0.25) is 0 Å². The van der Waals surface area contributed by atoms with E-state index in [1.807, 2.05) is 0 Å². The summed E-state index contributed by atoms with van der Waals surface area (Å²) in [6.45, 7) is 2.93.